The van der Waals surface area contributed by atoms with E-state index >= 15 is 0 Å². The molecule has 0 fully saturated rings. The van der Waals surface area contributed by atoms with Crippen molar-refractivity contribution in [2.75, 3.05) is 0 Å². The van der Waals surface area contributed by atoms with Crippen molar-refractivity contribution in [1.82, 2.24) is 0 Å². The lowest BCUT2D eigenvalue weighted by Crippen LogP contribution is -1.83. The van der Waals surface area contributed by atoms with E-state index in [4.69, 9.17) is 0 Å². The standard InChI is InChI=1S/C11H11I/c1-2-3-4-6-10-7-5-8-11(12)9-10/h5,7-9H,4,6H2,1H3. The maximum Gasteiger partial charge on any atom is 0.0133 e. The van der Waals surface area contributed by atoms with E-state index in [2.05, 4.69) is 58.7 Å². The fraction of sp³-hybridized carbons (Fsp3) is 0.273. The first-order chi connectivity index (χ1) is 5.83. The van der Waals surface area contributed by atoms with E-state index in [-0.39, 0.29) is 0 Å². The van der Waals surface area contributed by atoms with Crippen molar-refractivity contribution in [3.8, 4) is 11.8 Å². The third-order valence-electron chi connectivity index (χ3n) is 1.60. The van der Waals surface area contributed by atoms with Crippen LogP contribution in [0.25, 0.3) is 0 Å². The van der Waals surface area contributed by atoms with Gasteiger partial charge in [0, 0.05) is 9.99 Å². The average Bonchev–Trinajstić information content (AvgIpc) is 2.05. The molecule has 0 bridgehead atoms. The predicted octanol–water partition coefficient (Wildman–Crippen LogP) is 3.25. The molecule has 0 radical (unpaired) electrons. The van der Waals surface area contributed by atoms with E-state index in [1.165, 1.54) is 9.13 Å². The van der Waals surface area contributed by atoms with E-state index in [0.29, 0.717) is 0 Å². The van der Waals surface area contributed by atoms with Crippen molar-refractivity contribution in [2.45, 2.75) is 19.8 Å². The van der Waals surface area contributed by atoms with Crippen LogP contribution < -0.4 is 0 Å². The number of halogens is 1. The van der Waals surface area contributed by atoms with Gasteiger partial charge in [-0.3, -0.25) is 0 Å². The van der Waals surface area contributed by atoms with E-state index in [1.807, 2.05) is 6.92 Å². The first kappa shape index (κ1) is 9.60. The Morgan fingerprint density at radius 1 is 1.42 bits per heavy atom. The van der Waals surface area contributed by atoms with Crippen molar-refractivity contribution >= 4 is 22.6 Å². The number of benzene rings is 1. The average molecular weight is 270 g/mol. The van der Waals surface area contributed by atoms with Gasteiger partial charge in [-0.2, -0.15) is 0 Å². The number of hydrogen-bond acceptors (Lipinski definition) is 0. The Bertz CT molecular complexity index is 304. The van der Waals surface area contributed by atoms with Gasteiger partial charge in [0.1, 0.15) is 0 Å². The Balaban J connectivity index is 2.55. The smallest absolute Gasteiger partial charge is 0.0133 e. The van der Waals surface area contributed by atoms with Crippen LogP contribution in [0.5, 0.6) is 0 Å². The summed E-state index contributed by atoms with van der Waals surface area (Å²) < 4.78 is 1.30. The van der Waals surface area contributed by atoms with Crippen molar-refractivity contribution in [2.24, 2.45) is 0 Å². The Morgan fingerprint density at radius 2 is 2.25 bits per heavy atom. The van der Waals surface area contributed by atoms with Crippen LogP contribution in [-0.4, -0.2) is 0 Å². The van der Waals surface area contributed by atoms with Crippen LogP contribution in [0.2, 0.25) is 0 Å². The predicted molar refractivity (Wildman–Crippen MR) is 60.9 cm³/mol. The van der Waals surface area contributed by atoms with Crippen LogP contribution in [0.1, 0.15) is 18.9 Å². The highest BCUT2D eigenvalue weighted by atomic mass is 127. The lowest BCUT2D eigenvalue weighted by molar-refractivity contribution is 1.03. The molecule has 12 heavy (non-hydrogen) atoms. The van der Waals surface area contributed by atoms with Crippen LogP contribution in [0.4, 0.5) is 0 Å². The molecule has 0 aliphatic rings. The van der Waals surface area contributed by atoms with Gasteiger partial charge in [0.2, 0.25) is 0 Å². The Kier molecular flexibility index (Phi) is 4.16. The van der Waals surface area contributed by atoms with Gasteiger partial charge < -0.3 is 0 Å². The van der Waals surface area contributed by atoms with Crippen LogP contribution in [0.3, 0.4) is 0 Å². The molecule has 1 rings (SSSR count). The zero-order chi connectivity index (χ0) is 8.81. The van der Waals surface area contributed by atoms with Gasteiger partial charge in [0.15, 0.2) is 0 Å². The van der Waals surface area contributed by atoms with E-state index in [0.717, 1.165) is 12.8 Å². The zero-order valence-electron chi connectivity index (χ0n) is 7.10. The quantitative estimate of drug-likeness (QED) is 0.571. The lowest BCUT2D eigenvalue weighted by atomic mass is 10.1. The molecule has 62 valence electrons. The molecule has 0 saturated heterocycles. The molecule has 0 heterocycles. The summed E-state index contributed by atoms with van der Waals surface area (Å²) in [6.07, 6.45) is 2.04. The first-order valence-corrected chi connectivity index (χ1v) is 5.05. The molecule has 0 amide bonds. The molecule has 0 saturated carbocycles. The summed E-state index contributed by atoms with van der Waals surface area (Å²) in [6, 6.07) is 8.56. The summed E-state index contributed by atoms with van der Waals surface area (Å²) in [4.78, 5) is 0. The van der Waals surface area contributed by atoms with Crippen molar-refractivity contribution in [3.05, 3.63) is 33.4 Å². The maximum atomic E-state index is 3.06. The minimum absolute atomic E-state index is 0.969. The molecule has 1 aromatic rings. The van der Waals surface area contributed by atoms with Crippen molar-refractivity contribution in [3.63, 3.8) is 0 Å². The summed E-state index contributed by atoms with van der Waals surface area (Å²) in [7, 11) is 0. The minimum atomic E-state index is 0.969. The number of hydrogen-bond donors (Lipinski definition) is 0. The molecule has 0 nitrogen and oxygen atoms in total. The van der Waals surface area contributed by atoms with Crippen LogP contribution in [-0.2, 0) is 6.42 Å². The molecule has 1 aromatic carbocycles. The van der Waals surface area contributed by atoms with Gasteiger partial charge in [-0.25, -0.2) is 0 Å². The molecule has 0 aliphatic carbocycles. The highest BCUT2D eigenvalue weighted by Gasteiger charge is 1.91. The van der Waals surface area contributed by atoms with Crippen molar-refractivity contribution < 1.29 is 0 Å². The van der Waals surface area contributed by atoms with Gasteiger partial charge in [0.25, 0.3) is 0 Å². The molecule has 0 aliphatic heterocycles. The summed E-state index contributed by atoms with van der Waals surface area (Å²) in [5, 5.41) is 0. The zero-order valence-corrected chi connectivity index (χ0v) is 9.26. The Labute approximate surface area is 87.5 Å². The molecule has 0 spiro atoms. The topological polar surface area (TPSA) is 0 Å². The second-order valence-electron chi connectivity index (χ2n) is 2.56. The van der Waals surface area contributed by atoms with E-state index in [1.54, 1.807) is 0 Å². The minimum Gasteiger partial charge on any atom is -0.107 e. The molecular formula is C11H11I. The third-order valence-corrected chi connectivity index (χ3v) is 2.28. The second-order valence-corrected chi connectivity index (χ2v) is 3.80. The molecule has 1 heteroatoms. The molecule has 0 unspecified atom stereocenters. The van der Waals surface area contributed by atoms with Crippen LogP contribution in [0.15, 0.2) is 24.3 Å². The highest BCUT2D eigenvalue weighted by molar-refractivity contribution is 14.1. The van der Waals surface area contributed by atoms with Gasteiger partial charge in [0.05, 0.1) is 0 Å². The monoisotopic (exact) mass is 270 g/mol. The first-order valence-electron chi connectivity index (χ1n) is 3.97. The van der Waals surface area contributed by atoms with Crippen LogP contribution >= 0.6 is 22.6 Å². The van der Waals surface area contributed by atoms with E-state index < -0.39 is 0 Å². The highest BCUT2D eigenvalue weighted by Crippen LogP contribution is 2.08. The molecule has 0 aromatic heterocycles. The molecular weight excluding hydrogens is 259 g/mol. The van der Waals surface area contributed by atoms with Crippen molar-refractivity contribution in [1.29, 1.82) is 0 Å². The fourth-order valence-electron chi connectivity index (χ4n) is 1.02. The van der Waals surface area contributed by atoms with Gasteiger partial charge in [-0.15, -0.1) is 11.8 Å². The summed E-state index contributed by atoms with van der Waals surface area (Å²) in [5.41, 5.74) is 1.38. The molecule has 0 N–H and O–H groups in total. The lowest BCUT2D eigenvalue weighted by Gasteiger charge is -1.97. The summed E-state index contributed by atoms with van der Waals surface area (Å²) in [5.74, 6) is 5.96. The normalized spacial score (nSPS) is 8.83. The Hall–Kier alpha value is -0.490. The van der Waals surface area contributed by atoms with Gasteiger partial charge in [-0.05, 0) is 53.6 Å². The van der Waals surface area contributed by atoms with E-state index in [9.17, 15) is 0 Å². The largest absolute Gasteiger partial charge is 0.107 e. The Morgan fingerprint density at radius 3 is 2.92 bits per heavy atom. The third kappa shape index (κ3) is 3.27. The summed E-state index contributed by atoms with van der Waals surface area (Å²) in [6.45, 7) is 1.88. The molecule has 0 atom stereocenters. The summed E-state index contributed by atoms with van der Waals surface area (Å²) >= 11 is 2.33. The fourth-order valence-corrected chi connectivity index (χ4v) is 1.63. The van der Waals surface area contributed by atoms with Crippen LogP contribution in [0, 0.1) is 15.4 Å². The van der Waals surface area contributed by atoms with Gasteiger partial charge >= 0.3 is 0 Å². The second kappa shape index (κ2) is 5.21. The SMILES string of the molecule is CC#CCCc1cccc(I)c1. The number of rotatable bonds is 2. The number of aryl methyl sites for hydroxylation is 1. The van der Waals surface area contributed by atoms with Gasteiger partial charge in [-0.1, -0.05) is 12.1 Å². The maximum absolute atomic E-state index is 3.06.